The first-order valence-electron chi connectivity index (χ1n) is 3.82. The van der Waals surface area contributed by atoms with Crippen LogP contribution in [0.25, 0.3) is 0 Å². The van der Waals surface area contributed by atoms with Gasteiger partial charge in [0.15, 0.2) is 0 Å². The predicted octanol–water partition coefficient (Wildman–Crippen LogP) is 2.50. The second-order valence-corrected chi connectivity index (χ2v) is 3.37. The molecule has 0 fully saturated rings. The lowest BCUT2D eigenvalue weighted by atomic mass is 10.1. The quantitative estimate of drug-likeness (QED) is 0.594. The Hall–Kier alpha value is 0.0200. The Kier molecular flexibility index (Phi) is 7.15. The van der Waals surface area contributed by atoms with E-state index in [0.29, 0.717) is 5.78 Å². The largest absolute Gasteiger partial charge is 0.300 e. The zero-order valence-electron chi connectivity index (χ0n) is 6.85. The highest BCUT2D eigenvalue weighted by molar-refractivity contribution is 7.98. The molecule has 0 saturated carbocycles. The Morgan fingerprint density at radius 3 is 2.60 bits per heavy atom. The van der Waals surface area contributed by atoms with Crippen LogP contribution in [0.15, 0.2) is 0 Å². The number of unbranched alkanes of at least 4 members (excludes halogenated alkanes) is 1. The number of thioether (sulfide) groups is 1. The maximum atomic E-state index is 10.9. The van der Waals surface area contributed by atoms with Gasteiger partial charge in [0.2, 0.25) is 0 Å². The normalized spacial score (nSPS) is 9.80. The monoisotopic (exact) mass is 160 g/mol. The molecule has 0 saturated heterocycles. The van der Waals surface area contributed by atoms with Crippen molar-refractivity contribution >= 4 is 17.5 Å². The third-order valence-electron chi connectivity index (χ3n) is 1.39. The van der Waals surface area contributed by atoms with Crippen LogP contribution in [-0.2, 0) is 4.79 Å². The molecule has 0 unspecified atom stereocenters. The van der Waals surface area contributed by atoms with E-state index in [2.05, 4.69) is 6.92 Å². The van der Waals surface area contributed by atoms with Crippen molar-refractivity contribution in [3.05, 3.63) is 0 Å². The zero-order chi connectivity index (χ0) is 7.82. The lowest BCUT2D eigenvalue weighted by Crippen LogP contribution is -1.98. The van der Waals surface area contributed by atoms with Crippen LogP contribution in [0.2, 0.25) is 0 Å². The van der Waals surface area contributed by atoms with Crippen LogP contribution in [0.1, 0.15) is 32.6 Å². The summed E-state index contributed by atoms with van der Waals surface area (Å²) in [5.74, 6) is 1.42. The highest BCUT2D eigenvalue weighted by Gasteiger charge is 1.98. The van der Waals surface area contributed by atoms with E-state index in [9.17, 15) is 4.79 Å². The summed E-state index contributed by atoms with van der Waals surface area (Å²) in [6.07, 6.45) is 5.78. The Labute approximate surface area is 67.6 Å². The highest BCUT2D eigenvalue weighted by Crippen LogP contribution is 2.02. The van der Waals surface area contributed by atoms with Gasteiger partial charge in [0.25, 0.3) is 0 Å². The number of carbonyl (C=O) groups is 1. The van der Waals surface area contributed by atoms with E-state index in [1.54, 1.807) is 11.8 Å². The van der Waals surface area contributed by atoms with Gasteiger partial charge in [-0.1, -0.05) is 13.3 Å². The molecular weight excluding hydrogens is 144 g/mol. The molecule has 0 rings (SSSR count). The Morgan fingerprint density at radius 2 is 2.10 bits per heavy atom. The van der Waals surface area contributed by atoms with Gasteiger partial charge in [-0.3, -0.25) is 4.79 Å². The summed E-state index contributed by atoms with van der Waals surface area (Å²) in [6.45, 7) is 2.11. The van der Waals surface area contributed by atoms with Crippen LogP contribution >= 0.6 is 11.8 Å². The van der Waals surface area contributed by atoms with E-state index in [-0.39, 0.29) is 0 Å². The SMILES string of the molecule is CCCCC(=O)CCSC. The van der Waals surface area contributed by atoms with Crippen molar-refractivity contribution in [3.63, 3.8) is 0 Å². The van der Waals surface area contributed by atoms with E-state index >= 15 is 0 Å². The third kappa shape index (κ3) is 6.14. The van der Waals surface area contributed by atoms with Gasteiger partial charge in [0.1, 0.15) is 5.78 Å². The first-order valence-corrected chi connectivity index (χ1v) is 5.21. The molecule has 2 heteroatoms. The number of carbonyl (C=O) groups excluding carboxylic acids is 1. The van der Waals surface area contributed by atoms with E-state index in [0.717, 1.165) is 31.4 Å². The van der Waals surface area contributed by atoms with Gasteiger partial charge < -0.3 is 0 Å². The summed E-state index contributed by atoms with van der Waals surface area (Å²) >= 11 is 1.74. The van der Waals surface area contributed by atoms with Crippen LogP contribution in [0.4, 0.5) is 0 Å². The van der Waals surface area contributed by atoms with Gasteiger partial charge in [-0.2, -0.15) is 11.8 Å². The number of Topliss-reactive ketones (excluding diaryl/α,β-unsaturated/α-hetero) is 1. The first-order chi connectivity index (χ1) is 4.81. The Bertz CT molecular complexity index is 81.3. The first kappa shape index (κ1) is 10.0. The summed E-state index contributed by atoms with van der Waals surface area (Å²) in [4.78, 5) is 10.9. The second-order valence-electron chi connectivity index (χ2n) is 2.39. The topological polar surface area (TPSA) is 17.1 Å². The smallest absolute Gasteiger partial charge is 0.133 e. The summed E-state index contributed by atoms with van der Waals surface area (Å²) in [7, 11) is 0. The van der Waals surface area contributed by atoms with Crippen molar-refractivity contribution in [1.82, 2.24) is 0 Å². The van der Waals surface area contributed by atoms with Crippen LogP contribution in [-0.4, -0.2) is 17.8 Å². The number of ketones is 1. The molecule has 0 aromatic rings. The maximum absolute atomic E-state index is 10.9. The lowest BCUT2D eigenvalue weighted by molar-refractivity contribution is -0.118. The molecule has 0 aromatic carbocycles. The average Bonchev–Trinajstić information content (AvgIpc) is 1.97. The number of hydrogen-bond acceptors (Lipinski definition) is 2. The molecule has 0 aromatic heterocycles. The van der Waals surface area contributed by atoms with Gasteiger partial charge in [0.05, 0.1) is 0 Å². The van der Waals surface area contributed by atoms with Gasteiger partial charge in [-0.05, 0) is 18.4 Å². The molecule has 0 atom stereocenters. The summed E-state index contributed by atoms with van der Waals surface area (Å²) in [5, 5.41) is 0. The zero-order valence-corrected chi connectivity index (χ0v) is 7.67. The van der Waals surface area contributed by atoms with Crippen LogP contribution in [0, 0.1) is 0 Å². The van der Waals surface area contributed by atoms with E-state index in [1.165, 1.54) is 0 Å². The Morgan fingerprint density at radius 1 is 1.40 bits per heavy atom. The van der Waals surface area contributed by atoms with E-state index < -0.39 is 0 Å². The molecule has 0 amide bonds. The maximum Gasteiger partial charge on any atom is 0.133 e. The molecule has 0 aliphatic rings. The van der Waals surface area contributed by atoms with Gasteiger partial charge >= 0.3 is 0 Å². The fraction of sp³-hybridized carbons (Fsp3) is 0.875. The number of rotatable bonds is 6. The summed E-state index contributed by atoms with van der Waals surface area (Å²) in [5.41, 5.74) is 0. The molecule has 1 nitrogen and oxygen atoms in total. The Balaban J connectivity index is 3.09. The lowest BCUT2D eigenvalue weighted by Gasteiger charge is -1.96. The van der Waals surface area contributed by atoms with Gasteiger partial charge in [-0.25, -0.2) is 0 Å². The average molecular weight is 160 g/mol. The molecule has 60 valence electrons. The fourth-order valence-electron chi connectivity index (χ4n) is 0.715. The third-order valence-corrected chi connectivity index (χ3v) is 2.01. The van der Waals surface area contributed by atoms with Crippen molar-refractivity contribution in [1.29, 1.82) is 0 Å². The molecule has 0 bridgehead atoms. The van der Waals surface area contributed by atoms with Gasteiger partial charge in [0, 0.05) is 12.8 Å². The van der Waals surface area contributed by atoms with Crippen molar-refractivity contribution in [2.45, 2.75) is 32.6 Å². The minimum absolute atomic E-state index is 0.427. The minimum Gasteiger partial charge on any atom is -0.300 e. The molecular formula is C8H16OS. The standard InChI is InChI=1S/C8H16OS/c1-3-4-5-8(9)6-7-10-2/h3-7H2,1-2H3. The minimum atomic E-state index is 0.427. The summed E-state index contributed by atoms with van der Waals surface area (Å²) in [6, 6.07) is 0. The van der Waals surface area contributed by atoms with E-state index in [4.69, 9.17) is 0 Å². The molecule has 0 radical (unpaired) electrons. The predicted molar refractivity (Wildman–Crippen MR) is 47.5 cm³/mol. The second kappa shape index (κ2) is 7.13. The molecule has 0 heterocycles. The molecule has 0 aliphatic carbocycles. The molecule has 10 heavy (non-hydrogen) atoms. The fourth-order valence-corrected chi connectivity index (χ4v) is 1.15. The van der Waals surface area contributed by atoms with Crippen molar-refractivity contribution in [3.8, 4) is 0 Å². The molecule has 0 spiro atoms. The molecule has 0 N–H and O–H groups in total. The van der Waals surface area contributed by atoms with E-state index in [1.807, 2.05) is 6.26 Å². The number of hydrogen-bond donors (Lipinski definition) is 0. The highest BCUT2D eigenvalue weighted by atomic mass is 32.2. The van der Waals surface area contributed by atoms with Crippen molar-refractivity contribution in [2.24, 2.45) is 0 Å². The van der Waals surface area contributed by atoms with Crippen molar-refractivity contribution < 1.29 is 4.79 Å². The van der Waals surface area contributed by atoms with Crippen LogP contribution in [0.5, 0.6) is 0 Å². The van der Waals surface area contributed by atoms with Crippen molar-refractivity contribution in [2.75, 3.05) is 12.0 Å². The van der Waals surface area contributed by atoms with Crippen LogP contribution < -0.4 is 0 Å². The van der Waals surface area contributed by atoms with Gasteiger partial charge in [-0.15, -0.1) is 0 Å². The summed E-state index contributed by atoms with van der Waals surface area (Å²) < 4.78 is 0. The molecule has 0 aliphatic heterocycles. The van der Waals surface area contributed by atoms with Crippen LogP contribution in [0.3, 0.4) is 0 Å².